The van der Waals surface area contributed by atoms with Crippen molar-refractivity contribution in [3.63, 3.8) is 0 Å². The Kier molecular flexibility index (Phi) is 4.26. The molecule has 0 radical (unpaired) electrons. The molecule has 1 heterocycles. The zero-order valence-corrected chi connectivity index (χ0v) is 10.2. The molecule has 1 atom stereocenters. The van der Waals surface area contributed by atoms with Gasteiger partial charge >= 0.3 is 0 Å². The molecular weight excluding hydrogens is 206 g/mol. The lowest BCUT2D eigenvalue weighted by molar-refractivity contribution is -0.0202. The number of nitrogens with zero attached hydrogens (tertiary/aromatic N) is 1. The normalized spacial score (nSPS) is 13.6. The van der Waals surface area contributed by atoms with Crippen molar-refractivity contribution in [2.75, 3.05) is 14.2 Å². The van der Waals surface area contributed by atoms with E-state index in [1.54, 1.807) is 32.7 Å². The van der Waals surface area contributed by atoms with Crippen molar-refractivity contribution in [2.45, 2.75) is 32.0 Å². The number of methoxy groups -OCH3 is 2. The van der Waals surface area contributed by atoms with Gasteiger partial charge < -0.3 is 14.6 Å². The number of hydrogen-bond donors (Lipinski definition) is 1. The number of pyridine rings is 1. The predicted octanol–water partition coefficient (Wildman–Crippen LogP) is 1.94. The molecule has 0 spiro atoms. The van der Waals surface area contributed by atoms with E-state index in [0.717, 1.165) is 5.56 Å². The highest BCUT2D eigenvalue weighted by Gasteiger charge is 2.22. The summed E-state index contributed by atoms with van der Waals surface area (Å²) < 4.78 is 10.3. The Morgan fingerprint density at radius 3 is 2.62 bits per heavy atom. The van der Waals surface area contributed by atoms with E-state index in [1.807, 2.05) is 13.8 Å². The maximum Gasteiger partial charge on any atom is 0.137 e. The number of aliphatic hydroxyl groups excluding tert-OH is 1. The van der Waals surface area contributed by atoms with E-state index < -0.39 is 6.10 Å². The monoisotopic (exact) mass is 225 g/mol. The van der Waals surface area contributed by atoms with Crippen LogP contribution in [0.15, 0.2) is 18.5 Å². The molecule has 1 aromatic rings. The standard InChI is InChI=1S/C12H19NO3/c1-12(2,16-4)6-11(14)9-5-10(15-3)8-13-7-9/h5,7-8,11,14H,6H2,1-4H3. The second-order valence-electron chi connectivity index (χ2n) is 4.34. The molecule has 90 valence electrons. The summed E-state index contributed by atoms with van der Waals surface area (Å²) in [6.45, 7) is 3.87. The third-order valence-electron chi connectivity index (χ3n) is 2.59. The molecule has 0 bridgehead atoms. The summed E-state index contributed by atoms with van der Waals surface area (Å²) in [5, 5.41) is 10.0. The molecule has 1 N–H and O–H groups in total. The van der Waals surface area contributed by atoms with Crippen molar-refractivity contribution in [2.24, 2.45) is 0 Å². The van der Waals surface area contributed by atoms with E-state index in [0.29, 0.717) is 12.2 Å². The lowest BCUT2D eigenvalue weighted by atomic mass is 9.97. The van der Waals surface area contributed by atoms with Crippen LogP contribution in [-0.2, 0) is 4.74 Å². The zero-order valence-electron chi connectivity index (χ0n) is 10.2. The summed E-state index contributed by atoms with van der Waals surface area (Å²) in [5.41, 5.74) is 0.382. The molecule has 4 nitrogen and oxygen atoms in total. The Hall–Kier alpha value is -1.13. The highest BCUT2D eigenvalue weighted by Crippen LogP contribution is 2.26. The number of ether oxygens (including phenoxy) is 2. The van der Waals surface area contributed by atoms with E-state index in [9.17, 15) is 5.11 Å². The van der Waals surface area contributed by atoms with Crippen LogP contribution in [0.1, 0.15) is 31.9 Å². The summed E-state index contributed by atoms with van der Waals surface area (Å²) >= 11 is 0. The molecule has 1 unspecified atom stereocenters. The molecule has 0 saturated carbocycles. The van der Waals surface area contributed by atoms with Gasteiger partial charge in [-0.2, -0.15) is 0 Å². The first-order valence-electron chi connectivity index (χ1n) is 5.20. The van der Waals surface area contributed by atoms with Gasteiger partial charge in [0.1, 0.15) is 5.75 Å². The highest BCUT2D eigenvalue weighted by molar-refractivity contribution is 5.25. The lowest BCUT2D eigenvalue weighted by Crippen LogP contribution is -2.25. The molecule has 4 heteroatoms. The van der Waals surface area contributed by atoms with Gasteiger partial charge in [0.15, 0.2) is 0 Å². The summed E-state index contributed by atoms with van der Waals surface area (Å²) in [7, 11) is 3.21. The minimum Gasteiger partial charge on any atom is -0.495 e. The van der Waals surface area contributed by atoms with Gasteiger partial charge in [-0.15, -0.1) is 0 Å². The number of rotatable bonds is 5. The molecule has 0 aliphatic heterocycles. The largest absolute Gasteiger partial charge is 0.495 e. The van der Waals surface area contributed by atoms with Gasteiger partial charge in [-0.3, -0.25) is 4.98 Å². The van der Waals surface area contributed by atoms with Crippen molar-refractivity contribution in [3.8, 4) is 5.75 Å². The fourth-order valence-corrected chi connectivity index (χ4v) is 1.40. The van der Waals surface area contributed by atoms with Gasteiger partial charge in [-0.1, -0.05) is 0 Å². The molecule has 1 aromatic heterocycles. The fourth-order valence-electron chi connectivity index (χ4n) is 1.40. The number of aromatic nitrogens is 1. The van der Waals surface area contributed by atoms with Crippen LogP contribution in [-0.4, -0.2) is 29.9 Å². The van der Waals surface area contributed by atoms with Crippen molar-refractivity contribution in [1.29, 1.82) is 0 Å². The Morgan fingerprint density at radius 2 is 2.06 bits per heavy atom. The molecule has 1 rings (SSSR count). The molecule has 0 aliphatic rings. The molecular formula is C12H19NO3. The average Bonchev–Trinajstić information content (AvgIpc) is 2.28. The molecule has 0 saturated heterocycles. The quantitative estimate of drug-likeness (QED) is 0.832. The first-order valence-corrected chi connectivity index (χ1v) is 5.20. The SMILES string of the molecule is COc1cncc(C(O)CC(C)(C)OC)c1. The predicted molar refractivity (Wildman–Crippen MR) is 61.5 cm³/mol. The smallest absolute Gasteiger partial charge is 0.137 e. The van der Waals surface area contributed by atoms with Gasteiger partial charge in [0, 0.05) is 25.3 Å². The summed E-state index contributed by atoms with van der Waals surface area (Å²) in [5.74, 6) is 0.645. The second-order valence-corrected chi connectivity index (χ2v) is 4.34. The van der Waals surface area contributed by atoms with Crippen molar-refractivity contribution in [1.82, 2.24) is 4.98 Å². The Morgan fingerprint density at radius 1 is 1.38 bits per heavy atom. The second kappa shape index (κ2) is 5.27. The van der Waals surface area contributed by atoms with Crippen LogP contribution < -0.4 is 4.74 Å². The lowest BCUT2D eigenvalue weighted by Gasteiger charge is -2.25. The third kappa shape index (κ3) is 3.47. The number of aliphatic hydroxyl groups is 1. The average molecular weight is 225 g/mol. The molecule has 0 aliphatic carbocycles. The van der Waals surface area contributed by atoms with Gasteiger partial charge in [0.25, 0.3) is 0 Å². The van der Waals surface area contributed by atoms with E-state index in [1.165, 1.54) is 0 Å². The van der Waals surface area contributed by atoms with Crippen molar-refractivity contribution < 1.29 is 14.6 Å². The minimum atomic E-state index is -0.599. The van der Waals surface area contributed by atoms with Gasteiger partial charge in [0.2, 0.25) is 0 Å². The Bertz CT molecular complexity index is 339. The van der Waals surface area contributed by atoms with Gasteiger partial charge in [0.05, 0.1) is 25.0 Å². The highest BCUT2D eigenvalue weighted by atomic mass is 16.5. The summed E-state index contributed by atoms with van der Waals surface area (Å²) in [4.78, 5) is 4.01. The van der Waals surface area contributed by atoms with Crippen LogP contribution in [0.2, 0.25) is 0 Å². The Labute approximate surface area is 96.2 Å². The van der Waals surface area contributed by atoms with E-state index in [4.69, 9.17) is 9.47 Å². The van der Waals surface area contributed by atoms with E-state index in [2.05, 4.69) is 4.98 Å². The maximum absolute atomic E-state index is 10.0. The van der Waals surface area contributed by atoms with Gasteiger partial charge in [-0.05, 0) is 19.9 Å². The van der Waals surface area contributed by atoms with Crippen LogP contribution in [0.4, 0.5) is 0 Å². The van der Waals surface area contributed by atoms with Crippen molar-refractivity contribution in [3.05, 3.63) is 24.0 Å². The third-order valence-corrected chi connectivity index (χ3v) is 2.59. The first kappa shape index (κ1) is 12.9. The Balaban J connectivity index is 2.76. The van der Waals surface area contributed by atoms with Crippen LogP contribution >= 0.6 is 0 Å². The van der Waals surface area contributed by atoms with Crippen LogP contribution in [0.3, 0.4) is 0 Å². The molecule has 0 amide bonds. The summed E-state index contributed by atoms with van der Waals surface area (Å²) in [6.07, 6.45) is 3.16. The number of hydrogen-bond acceptors (Lipinski definition) is 4. The van der Waals surface area contributed by atoms with Crippen LogP contribution in [0.5, 0.6) is 5.75 Å². The topological polar surface area (TPSA) is 51.6 Å². The van der Waals surface area contributed by atoms with E-state index in [-0.39, 0.29) is 5.60 Å². The molecule has 0 aromatic carbocycles. The van der Waals surface area contributed by atoms with Crippen molar-refractivity contribution >= 4 is 0 Å². The molecule has 0 fully saturated rings. The van der Waals surface area contributed by atoms with Crippen LogP contribution in [0, 0.1) is 0 Å². The minimum absolute atomic E-state index is 0.359. The molecule has 16 heavy (non-hydrogen) atoms. The summed E-state index contributed by atoms with van der Waals surface area (Å²) in [6, 6.07) is 1.78. The zero-order chi connectivity index (χ0) is 12.2. The van der Waals surface area contributed by atoms with Crippen LogP contribution in [0.25, 0.3) is 0 Å². The van der Waals surface area contributed by atoms with Gasteiger partial charge in [-0.25, -0.2) is 0 Å². The first-order chi connectivity index (χ1) is 7.48. The maximum atomic E-state index is 10.0. The fraction of sp³-hybridized carbons (Fsp3) is 0.583. The van der Waals surface area contributed by atoms with E-state index >= 15 is 0 Å².